The molecule has 8 heteroatoms. The molecule has 0 spiro atoms. The van der Waals surface area contributed by atoms with Crippen LogP contribution in [0.5, 0.6) is 0 Å². The van der Waals surface area contributed by atoms with Crippen LogP contribution in [0, 0.1) is 0 Å². The topological polar surface area (TPSA) is 61.6 Å². The van der Waals surface area contributed by atoms with Crippen molar-refractivity contribution in [2.45, 2.75) is 31.9 Å². The van der Waals surface area contributed by atoms with Gasteiger partial charge < -0.3 is 13.9 Å². The first kappa shape index (κ1) is 14.8. The SMILES string of the molecule is CCOC(=O)c1oc(C2CCCOC2)nc1C(F)(F)F. The molecule has 1 unspecified atom stereocenters. The largest absolute Gasteiger partial charge is 0.460 e. The highest BCUT2D eigenvalue weighted by atomic mass is 19.4. The van der Waals surface area contributed by atoms with E-state index in [9.17, 15) is 18.0 Å². The molecule has 1 saturated heterocycles. The molecule has 2 rings (SSSR count). The molecule has 0 aliphatic carbocycles. The number of halogens is 3. The predicted molar refractivity (Wildman–Crippen MR) is 60.3 cm³/mol. The number of rotatable bonds is 3. The Morgan fingerprint density at radius 3 is 2.80 bits per heavy atom. The summed E-state index contributed by atoms with van der Waals surface area (Å²) in [5, 5.41) is 0. The highest BCUT2D eigenvalue weighted by Crippen LogP contribution is 2.35. The third-order valence-electron chi connectivity index (χ3n) is 2.88. The number of carbonyl (C=O) groups excluding carboxylic acids is 1. The lowest BCUT2D eigenvalue weighted by molar-refractivity contribution is -0.141. The van der Waals surface area contributed by atoms with Crippen LogP contribution in [0.1, 0.15) is 47.8 Å². The fraction of sp³-hybridized carbons (Fsp3) is 0.667. The minimum Gasteiger partial charge on any atom is -0.460 e. The van der Waals surface area contributed by atoms with Crippen LogP contribution < -0.4 is 0 Å². The molecule has 0 bridgehead atoms. The molecule has 1 aliphatic rings. The lowest BCUT2D eigenvalue weighted by Gasteiger charge is -2.18. The zero-order chi connectivity index (χ0) is 14.8. The van der Waals surface area contributed by atoms with Crippen LogP contribution in [0.15, 0.2) is 4.42 Å². The fourth-order valence-corrected chi connectivity index (χ4v) is 1.97. The first-order valence-corrected chi connectivity index (χ1v) is 6.26. The van der Waals surface area contributed by atoms with Crippen molar-refractivity contribution in [2.24, 2.45) is 0 Å². The standard InChI is InChI=1S/C12H14F3NO4/c1-2-19-11(17)8-9(12(13,14)15)16-10(20-8)7-4-3-5-18-6-7/h7H,2-6H2,1H3. The second-order valence-electron chi connectivity index (χ2n) is 4.36. The molecule has 1 aliphatic heterocycles. The van der Waals surface area contributed by atoms with Gasteiger partial charge in [0, 0.05) is 6.61 Å². The van der Waals surface area contributed by atoms with Crippen LogP contribution in [-0.4, -0.2) is 30.8 Å². The van der Waals surface area contributed by atoms with Crippen molar-refractivity contribution in [2.75, 3.05) is 19.8 Å². The van der Waals surface area contributed by atoms with Crippen LogP contribution in [0.4, 0.5) is 13.2 Å². The van der Waals surface area contributed by atoms with Gasteiger partial charge in [-0.05, 0) is 19.8 Å². The van der Waals surface area contributed by atoms with E-state index in [1.54, 1.807) is 0 Å². The number of hydrogen-bond donors (Lipinski definition) is 0. The number of nitrogens with zero attached hydrogens (tertiary/aromatic N) is 1. The smallest absolute Gasteiger partial charge is 0.437 e. The molecule has 1 fully saturated rings. The van der Waals surface area contributed by atoms with Gasteiger partial charge in [0.15, 0.2) is 5.69 Å². The molecule has 1 atom stereocenters. The van der Waals surface area contributed by atoms with Crippen molar-refractivity contribution in [1.29, 1.82) is 0 Å². The van der Waals surface area contributed by atoms with Gasteiger partial charge in [-0.15, -0.1) is 0 Å². The highest BCUT2D eigenvalue weighted by molar-refractivity contribution is 5.87. The van der Waals surface area contributed by atoms with Gasteiger partial charge in [0.25, 0.3) is 0 Å². The average molecular weight is 293 g/mol. The van der Waals surface area contributed by atoms with E-state index in [2.05, 4.69) is 9.72 Å². The van der Waals surface area contributed by atoms with Crippen molar-refractivity contribution < 1.29 is 31.9 Å². The Kier molecular flexibility index (Phi) is 4.32. The third kappa shape index (κ3) is 3.12. The maximum atomic E-state index is 12.9. The second-order valence-corrected chi connectivity index (χ2v) is 4.36. The Morgan fingerprint density at radius 1 is 1.50 bits per heavy atom. The maximum Gasteiger partial charge on any atom is 0.437 e. The van der Waals surface area contributed by atoms with Gasteiger partial charge in [0.05, 0.1) is 19.1 Å². The molecule has 1 aromatic rings. The first-order valence-electron chi connectivity index (χ1n) is 6.26. The second kappa shape index (κ2) is 5.82. The predicted octanol–water partition coefficient (Wildman–Crippen LogP) is 2.76. The van der Waals surface area contributed by atoms with Crippen molar-refractivity contribution in [3.8, 4) is 0 Å². The fourth-order valence-electron chi connectivity index (χ4n) is 1.97. The number of ether oxygens (including phenoxy) is 2. The van der Waals surface area contributed by atoms with Gasteiger partial charge in [0.2, 0.25) is 11.7 Å². The van der Waals surface area contributed by atoms with E-state index in [1.807, 2.05) is 0 Å². The number of hydrogen-bond acceptors (Lipinski definition) is 5. The highest BCUT2D eigenvalue weighted by Gasteiger charge is 2.42. The summed E-state index contributed by atoms with van der Waals surface area (Å²) in [6, 6.07) is 0. The van der Waals surface area contributed by atoms with Gasteiger partial charge >= 0.3 is 12.1 Å². The molecule has 0 amide bonds. The van der Waals surface area contributed by atoms with Crippen molar-refractivity contribution in [3.05, 3.63) is 17.3 Å². The number of carbonyl (C=O) groups is 1. The van der Waals surface area contributed by atoms with Crippen molar-refractivity contribution in [1.82, 2.24) is 4.98 Å². The van der Waals surface area contributed by atoms with E-state index >= 15 is 0 Å². The van der Waals surface area contributed by atoms with Crippen LogP contribution in [-0.2, 0) is 15.7 Å². The van der Waals surface area contributed by atoms with Gasteiger partial charge in [-0.3, -0.25) is 0 Å². The summed E-state index contributed by atoms with van der Waals surface area (Å²) >= 11 is 0. The van der Waals surface area contributed by atoms with Crippen molar-refractivity contribution in [3.63, 3.8) is 0 Å². The Labute approximate surface area is 113 Å². The third-order valence-corrected chi connectivity index (χ3v) is 2.88. The molecular formula is C12H14F3NO4. The lowest BCUT2D eigenvalue weighted by Crippen LogP contribution is -2.16. The Balaban J connectivity index is 2.33. The van der Waals surface area contributed by atoms with E-state index in [0.29, 0.717) is 19.4 Å². The van der Waals surface area contributed by atoms with E-state index < -0.39 is 23.6 Å². The summed E-state index contributed by atoms with van der Waals surface area (Å²) in [7, 11) is 0. The van der Waals surface area contributed by atoms with Crippen LogP contribution in [0.25, 0.3) is 0 Å². The molecule has 2 heterocycles. The monoisotopic (exact) mass is 293 g/mol. The summed E-state index contributed by atoms with van der Waals surface area (Å²) < 4.78 is 53.4. The summed E-state index contributed by atoms with van der Waals surface area (Å²) in [6.07, 6.45) is -3.44. The van der Waals surface area contributed by atoms with Gasteiger partial charge in [0.1, 0.15) is 0 Å². The molecule has 0 aromatic carbocycles. The summed E-state index contributed by atoms with van der Waals surface area (Å²) in [5.41, 5.74) is -1.34. The van der Waals surface area contributed by atoms with Crippen LogP contribution in [0.2, 0.25) is 0 Å². The first-order chi connectivity index (χ1) is 9.43. The summed E-state index contributed by atoms with van der Waals surface area (Å²) in [5.74, 6) is -2.54. The Hall–Kier alpha value is -1.57. The molecule has 112 valence electrons. The molecular weight excluding hydrogens is 279 g/mol. The van der Waals surface area contributed by atoms with E-state index in [1.165, 1.54) is 6.92 Å². The van der Waals surface area contributed by atoms with E-state index in [0.717, 1.165) is 0 Å². The normalized spacial score (nSPS) is 19.9. The van der Waals surface area contributed by atoms with Gasteiger partial charge in [-0.1, -0.05) is 0 Å². The zero-order valence-electron chi connectivity index (χ0n) is 10.8. The Morgan fingerprint density at radius 2 is 2.25 bits per heavy atom. The Bertz CT molecular complexity index is 478. The zero-order valence-corrected chi connectivity index (χ0v) is 10.8. The van der Waals surface area contributed by atoms with Gasteiger partial charge in [-0.25, -0.2) is 9.78 Å². The van der Waals surface area contributed by atoms with Crippen molar-refractivity contribution >= 4 is 5.97 Å². The minimum absolute atomic E-state index is 0.0430. The molecule has 0 radical (unpaired) electrons. The molecule has 5 nitrogen and oxygen atoms in total. The molecule has 0 N–H and O–H groups in total. The lowest BCUT2D eigenvalue weighted by atomic mass is 10.0. The molecule has 20 heavy (non-hydrogen) atoms. The summed E-state index contributed by atoms with van der Waals surface area (Å²) in [6.45, 7) is 2.25. The average Bonchev–Trinajstić information content (AvgIpc) is 2.85. The molecule has 1 aromatic heterocycles. The number of alkyl halides is 3. The van der Waals surface area contributed by atoms with E-state index in [-0.39, 0.29) is 25.0 Å². The van der Waals surface area contributed by atoms with Crippen LogP contribution in [0.3, 0.4) is 0 Å². The number of aromatic nitrogens is 1. The minimum atomic E-state index is -4.76. The molecule has 0 saturated carbocycles. The quantitative estimate of drug-likeness (QED) is 0.802. The maximum absolute atomic E-state index is 12.9. The van der Waals surface area contributed by atoms with Gasteiger partial charge in [-0.2, -0.15) is 13.2 Å². The van der Waals surface area contributed by atoms with E-state index in [4.69, 9.17) is 9.15 Å². The number of esters is 1. The summed E-state index contributed by atoms with van der Waals surface area (Å²) in [4.78, 5) is 15.0. The van der Waals surface area contributed by atoms with Crippen LogP contribution >= 0.6 is 0 Å². The number of oxazole rings is 1.